The molecule has 0 amide bonds. The van der Waals surface area contributed by atoms with Crippen molar-refractivity contribution in [3.8, 4) is 11.1 Å². The minimum atomic E-state index is 0.204. The Hall–Kier alpha value is -1.67. The van der Waals surface area contributed by atoms with Crippen LogP contribution in [0.1, 0.15) is 43.3 Å². The summed E-state index contributed by atoms with van der Waals surface area (Å²) in [7, 11) is 0. The number of aromatic nitrogens is 1. The number of hydrogen-bond acceptors (Lipinski definition) is 2. The van der Waals surface area contributed by atoms with Crippen LogP contribution in [0.25, 0.3) is 11.1 Å². The quantitative estimate of drug-likeness (QED) is 0.905. The number of pyridine rings is 1. The second kappa shape index (κ2) is 5.98. The summed E-state index contributed by atoms with van der Waals surface area (Å²) in [4.78, 5) is 4.75. The van der Waals surface area contributed by atoms with Crippen molar-refractivity contribution in [2.75, 3.05) is 0 Å². The topological polar surface area (TPSA) is 38.9 Å². The van der Waals surface area contributed by atoms with Crippen LogP contribution in [0.3, 0.4) is 0 Å². The van der Waals surface area contributed by atoms with E-state index in [2.05, 4.69) is 65.0 Å². The van der Waals surface area contributed by atoms with Crippen LogP contribution in [-0.2, 0) is 13.0 Å². The van der Waals surface area contributed by atoms with Gasteiger partial charge in [0.05, 0.1) is 0 Å². The second-order valence-corrected chi connectivity index (χ2v) is 7.04. The average Bonchev–Trinajstić information content (AvgIpc) is 2.37. The standard InChI is InChI=1S/C19H26N2/c1-13-6-8-15(9-7-13)16-10-14(2)21-18(17(16)12-20)11-19(3,4)5/h6-10H,11-12,20H2,1-5H3. The molecule has 0 atom stereocenters. The van der Waals surface area contributed by atoms with Crippen molar-refractivity contribution in [3.05, 3.63) is 52.8 Å². The first-order valence-corrected chi connectivity index (χ1v) is 7.56. The van der Waals surface area contributed by atoms with E-state index in [0.717, 1.165) is 17.8 Å². The Morgan fingerprint density at radius 3 is 2.19 bits per heavy atom. The highest BCUT2D eigenvalue weighted by Crippen LogP contribution is 2.30. The van der Waals surface area contributed by atoms with E-state index in [0.29, 0.717) is 6.54 Å². The molecule has 2 N–H and O–H groups in total. The summed E-state index contributed by atoms with van der Waals surface area (Å²) in [6.45, 7) is 11.4. The Labute approximate surface area is 128 Å². The van der Waals surface area contributed by atoms with Crippen LogP contribution in [0.15, 0.2) is 30.3 Å². The summed E-state index contributed by atoms with van der Waals surface area (Å²) in [5, 5.41) is 0. The summed E-state index contributed by atoms with van der Waals surface area (Å²) < 4.78 is 0. The SMILES string of the molecule is Cc1ccc(-c2cc(C)nc(CC(C)(C)C)c2CN)cc1. The van der Waals surface area contributed by atoms with Gasteiger partial charge >= 0.3 is 0 Å². The molecule has 0 aliphatic heterocycles. The van der Waals surface area contributed by atoms with Gasteiger partial charge in [0.15, 0.2) is 0 Å². The number of aryl methyl sites for hydroxylation is 2. The fourth-order valence-corrected chi connectivity index (χ4v) is 2.63. The normalized spacial score (nSPS) is 11.7. The molecule has 0 aliphatic rings. The number of hydrogen-bond donors (Lipinski definition) is 1. The molecule has 0 unspecified atom stereocenters. The van der Waals surface area contributed by atoms with Crippen molar-refractivity contribution in [2.24, 2.45) is 11.1 Å². The number of benzene rings is 1. The van der Waals surface area contributed by atoms with Crippen molar-refractivity contribution in [1.82, 2.24) is 4.98 Å². The summed E-state index contributed by atoms with van der Waals surface area (Å²) in [6.07, 6.45) is 0.945. The zero-order valence-electron chi connectivity index (χ0n) is 13.8. The number of nitrogens with zero attached hydrogens (tertiary/aromatic N) is 1. The van der Waals surface area contributed by atoms with Gasteiger partial charge in [-0.25, -0.2) is 0 Å². The van der Waals surface area contributed by atoms with Gasteiger partial charge < -0.3 is 5.73 Å². The van der Waals surface area contributed by atoms with Gasteiger partial charge in [0, 0.05) is 17.9 Å². The van der Waals surface area contributed by atoms with Crippen LogP contribution < -0.4 is 5.73 Å². The van der Waals surface area contributed by atoms with Crippen LogP contribution in [0.4, 0.5) is 0 Å². The van der Waals surface area contributed by atoms with E-state index in [4.69, 9.17) is 10.7 Å². The maximum atomic E-state index is 6.05. The summed E-state index contributed by atoms with van der Waals surface area (Å²) in [5.41, 5.74) is 13.4. The third kappa shape index (κ3) is 3.92. The van der Waals surface area contributed by atoms with Crippen molar-refractivity contribution in [2.45, 2.75) is 47.6 Å². The molecular formula is C19H26N2. The van der Waals surface area contributed by atoms with Gasteiger partial charge in [-0.2, -0.15) is 0 Å². The van der Waals surface area contributed by atoms with E-state index in [1.807, 2.05) is 0 Å². The van der Waals surface area contributed by atoms with Crippen LogP contribution in [0, 0.1) is 19.3 Å². The highest BCUT2D eigenvalue weighted by atomic mass is 14.7. The highest BCUT2D eigenvalue weighted by molar-refractivity contribution is 5.69. The summed E-state index contributed by atoms with van der Waals surface area (Å²) >= 11 is 0. The molecule has 1 heterocycles. The molecule has 1 aromatic heterocycles. The van der Waals surface area contributed by atoms with Gasteiger partial charge in [-0.1, -0.05) is 50.6 Å². The lowest BCUT2D eigenvalue weighted by molar-refractivity contribution is 0.404. The number of nitrogens with two attached hydrogens (primary N) is 1. The molecule has 1 aromatic carbocycles. The molecule has 2 rings (SSSR count). The molecule has 0 radical (unpaired) electrons. The van der Waals surface area contributed by atoms with Crippen molar-refractivity contribution < 1.29 is 0 Å². The van der Waals surface area contributed by atoms with Gasteiger partial charge in [0.25, 0.3) is 0 Å². The zero-order chi connectivity index (χ0) is 15.6. The van der Waals surface area contributed by atoms with Gasteiger partial charge in [-0.05, 0) is 48.4 Å². The lowest BCUT2D eigenvalue weighted by Gasteiger charge is -2.21. The lowest BCUT2D eigenvalue weighted by atomic mass is 9.86. The van der Waals surface area contributed by atoms with Crippen molar-refractivity contribution in [3.63, 3.8) is 0 Å². The van der Waals surface area contributed by atoms with Crippen LogP contribution in [-0.4, -0.2) is 4.98 Å². The fraction of sp³-hybridized carbons (Fsp3) is 0.421. The van der Waals surface area contributed by atoms with Gasteiger partial charge in [0.1, 0.15) is 0 Å². The van der Waals surface area contributed by atoms with Crippen LogP contribution >= 0.6 is 0 Å². The maximum Gasteiger partial charge on any atom is 0.0463 e. The zero-order valence-corrected chi connectivity index (χ0v) is 13.8. The molecular weight excluding hydrogens is 256 g/mol. The van der Waals surface area contributed by atoms with Crippen LogP contribution in [0.5, 0.6) is 0 Å². The summed E-state index contributed by atoms with van der Waals surface area (Å²) in [6, 6.07) is 10.8. The first kappa shape index (κ1) is 15.7. The predicted octanol–water partition coefficient (Wildman–Crippen LogP) is 4.41. The van der Waals surface area contributed by atoms with E-state index in [1.54, 1.807) is 0 Å². The largest absolute Gasteiger partial charge is 0.326 e. The first-order valence-electron chi connectivity index (χ1n) is 7.56. The lowest BCUT2D eigenvalue weighted by Crippen LogP contribution is -2.15. The second-order valence-electron chi connectivity index (χ2n) is 7.04. The molecule has 0 aliphatic carbocycles. The minimum Gasteiger partial charge on any atom is -0.326 e. The molecule has 0 fully saturated rings. The molecule has 2 aromatic rings. The Bertz CT molecular complexity index is 619. The molecule has 0 saturated carbocycles. The van der Waals surface area contributed by atoms with E-state index in [1.165, 1.54) is 22.3 Å². The molecule has 21 heavy (non-hydrogen) atoms. The van der Waals surface area contributed by atoms with Gasteiger partial charge in [-0.3, -0.25) is 4.98 Å². The van der Waals surface area contributed by atoms with Gasteiger partial charge in [0.2, 0.25) is 0 Å². The molecule has 2 nitrogen and oxygen atoms in total. The molecule has 0 bridgehead atoms. The fourth-order valence-electron chi connectivity index (χ4n) is 2.63. The van der Waals surface area contributed by atoms with E-state index < -0.39 is 0 Å². The first-order chi connectivity index (χ1) is 9.80. The predicted molar refractivity (Wildman–Crippen MR) is 90.2 cm³/mol. The van der Waals surface area contributed by atoms with Crippen molar-refractivity contribution in [1.29, 1.82) is 0 Å². The van der Waals surface area contributed by atoms with E-state index >= 15 is 0 Å². The molecule has 0 saturated heterocycles. The maximum absolute atomic E-state index is 6.05. The van der Waals surface area contributed by atoms with Crippen molar-refractivity contribution >= 4 is 0 Å². The molecule has 112 valence electrons. The Morgan fingerprint density at radius 2 is 1.67 bits per heavy atom. The van der Waals surface area contributed by atoms with Gasteiger partial charge in [-0.15, -0.1) is 0 Å². The summed E-state index contributed by atoms with van der Waals surface area (Å²) in [5.74, 6) is 0. The molecule has 0 spiro atoms. The molecule has 2 heteroatoms. The van der Waals surface area contributed by atoms with Crippen LogP contribution in [0.2, 0.25) is 0 Å². The number of rotatable bonds is 3. The Morgan fingerprint density at radius 1 is 1.05 bits per heavy atom. The Balaban J connectivity index is 2.57. The monoisotopic (exact) mass is 282 g/mol. The Kier molecular flexibility index (Phi) is 4.48. The van der Waals surface area contributed by atoms with E-state index in [-0.39, 0.29) is 5.41 Å². The smallest absolute Gasteiger partial charge is 0.0463 e. The third-order valence-electron chi connectivity index (χ3n) is 3.60. The minimum absolute atomic E-state index is 0.204. The average molecular weight is 282 g/mol. The highest BCUT2D eigenvalue weighted by Gasteiger charge is 2.18. The van der Waals surface area contributed by atoms with E-state index in [9.17, 15) is 0 Å². The third-order valence-corrected chi connectivity index (χ3v) is 3.60.